The second-order valence-corrected chi connectivity index (χ2v) is 4.41. The van der Waals surface area contributed by atoms with Gasteiger partial charge in [0.05, 0.1) is 5.52 Å². The van der Waals surface area contributed by atoms with Crippen LogP contribution in [0.15, 0.2) is 24.5 Å². The van der Waals surface area contributed by atoms with Crippen molar-refractivity contribution in [2.75, 3.05) is 18.4 Å². The normalized spacial score (nSPS) is 10.5. The molecule has 0 aliphatic heterocycles. The number of halogens is 1. The number of anilines is 1. The molecule has 1 amide bonds. The first-order chi connectivity index (χ1) is 9.70. The van der Waals surface area contributed by atoms with Gasteiger partial charge in [-0.25, -0.2) is 14.4 Å². The van der Waals surface area contributed by atoms with Crippen molar-refractivity contribution in [3.8, 4) is 0 Å². The SMILES string of the molecule is CCCNC(=O)CCNc1ncnc2ccc(F)cc12. The standard InChI is InChI=1S/C14H17FN4O/c1-2-6-16-13(20)5-7-17-14-11-8-10(15)3-4-12(11)18-9-19-14/h3-4,8-9H,2,5-7H2,1H3,(H,16,20)(H,17,18,19). The molecule has 1 heterocycles. The molecule has 5 nitrogen and oxygen atoms in total. The molecule has 0 spiro atoms. The maximum Gasteiger partial charge on any atom is 0.221 e. The van der Waals surface area contributed by atoms with Crippen molar-refractivity contribution in [2.45, 2.75) is 19.8 Å². The van der Waals surface area contributed by atoms with Crippen molar-refractivity contribution in [1.29, 1.82) is 0 Å². The van der Waals surface area contributed by atoms with Crippen molar-refractivity contribution >= 4 is 22.6 Å². The molecule has 6 heteroatoms. The summed E-state index contributed by atoms with van der Waals surface area (Å²) in [5, 5.41) is 6.45. The van der Waals surface area contributed by atoms with Crippen LogP contribution in [0, 0.1) is 5.82 Å². The maximum atomic E-state index is 13.3. The molecule has 0 radical (unpaired) electrons. The van der Waals surface area contributed by atoms with Gasteiger partial charge < -0.3 is 10.6 Å². The quantitative estimate of drug-likeness (QED) is 0.848. The third kappa shape index (κ3) is 3.63. The zero-order valence-electron chi connectivity index (χ0n) is 11.3. The first-order valence-corrected chi connectivity index (χ1v) is 6.61. The minimum atomic E-state index is -0.337. The van der Waals surface area contributed by atoms with Gasteiger partial charge in [0.2, 0.25) is 5.91 Å². The fourth-order valence-corrected chi connectivity index (χ4v) is 1.82. The van der Waals surface area contributed by atoms with E-state index in [1.807, 2.05) is 6.92 Å². The largest absolute Gasteiger partial charge is 0.369 e. The number of nitrogens with one attached hydrogen (secondary N) is 2. The summed E-state index contributed by atoms with van der Waals surface area (Å²) >= 11 is 0. The molecule has 0 fully saturated rings. The van der Waals surface area contributed by atoms with Crippen LogP contribution in [0.3, 0.4) is 0 Å². The summed E-state index contributed by atoms with van der Waals surface area (Å²) in [5.74, 6) is 0.192. The number of benzene rings is 1. The molecule has 2 aromatic rings. The maximum absolute atomic E-state index is 13.3. The highest BCUT2D eigenvalue weighted by molar-refractivity contribution is 5.89. The van der Waals surface area contributed by atoms with Crippen molar-refractivity contribution in [3.63, 3.8) is 0 Å². The van der Waals surface area contributed by atoms with E-state index < -0.39 is 0 Å². The highest BCUT2D eigenvalue weighted by Crippen LogP contribution is 2.19. The van der Waals surface area contributed by atoms with Crippen LogP contribution in [0.4, 0.5) is 10.2 Å². The second kappa shape index (κ2) is 6.79. The number of amides is 1. The molecule has 1 aromatic carbocycles. The molecule has 0 unspecified atom stereocenters. The highest BCUT2D eigenvalue weighted by Gasteiger charge is 2.05. The average Bonchev–Trinajstić information content (AvgIpc) is 2.45. The van der Waals surface area contributed by atoms with Gasteiger partial charge in [-0.2, -0.15) is 0 Å². The number of rotatable bonds is 6. The molecule has 0 aliphatic rings. The first-order valence-electron chi connectivity index (χ1n) is 6.61. The molecular weight excluding hydrogens is 259 g/mol. The molecule has 0 saturated heterocycles. The van der Waals surface area contributed by atoms with Gasteiger partial charge in [0.1, 0.15) is 18.0 Å². The Morgan fingerprint density at radius 3 is 2.95 bits per heavy atom. The van der Waals surface area contributed by atoms with Gasteiger partial charge in [0.15, 0.2) is 0 Å². The van der Waals surface area contributed by atoms with Gasteiger partial charge in [0, 0.05) is 24.9 Å². The van der Waals surface area contributed by atoms with Crippen LogP contribution in [-0.4, -0.2) is 29.0 Å². The van der Waals surface area contributed by atoms with Crippen LogP contribution >= 0.6 is 0 Å². The molecule has 2 rings (SSSR count). The zero-order valence-corrected chi connectivity index (χ0v) is 11.3. The summed E-state index contributed by atoms with van der Waals surface area (Å²) in [6, 6.07) is 4.34. The van der Waals surface area contributed by atoms with E-state index in [1.54, 1.807) is 6.07 Å². The Labute approximate surface area is 116 Å². The molecule has 0 bridgehead atoms. The van der Waals surface area contributed by atoms with Gasteiger partial charge in [-0.3, -0.25) is 4.79 Å². The molecule has 1 aromatic heterocycles. The smallest absolute Gasteiger partial charge is 0.221 e. The van der Waals surface area contributed by atoms with Gasteiger partial charge in [-0.05, 0) is 24.6 Å². The molecular formula is C14H17FN4O. The lowest BCUT2D eigenvalue weighted by Gasteiger charge is -2.08. The Morgan fingerprint density at radius 1 is 1.30 bits per heavy atom. The van der Waals surface area contributed by atoms with Crippen LogP contribution in [0.5, 0.6) is 0 Å². The van der Waals surface area contributed by atoms with E-state index in [4.69, 9.17) is 0 Å². The Morgan fingerprint density at radius 2 is 2.15 bits per heavy atom. The number of carbonyl (C=O) groups excluding carboxylic acids is 1. The third-order valence-electron chi connectivity index (χ3n) is 2.81. The first kappa shape index (κ1) is 14.2. The third-order valence-corrected chi connectivity index (χ3v) is 2.81. The summed E-state index contributed by atoms with van der Waals surface area (Å²) in [6.07, 6.45) is 2.68. The van der Waals surface area contributed by atoms with E-state index >= 15 is 0 Å². The predicted octanol–water partition coefficient (Wildman–Crippen LogP) is 2.10. The van der Waals surface area contributed by atoms with E-state index in [0.29, 0.717) is 36.2 Å². The van der Waals surface area contributed by atoms with Crippen LogP contribution in [0.2, 0.25) is 0 Å². The van der Waals surface area contributed by atoms with E-state index in [9.17, 15) is 9.18 Å². The molecule has 0 saturated carbocycles. The van der Waals surface area contributed by atoms with Crippen LogP contribution in [0.25, 0.3) is 10.9 Å². The van der Waals surface area contributed by atoms with Gasteiger partial charge >= 0.3 is 0 Å². The Kier molecular flexibility index (Phi) is 4.81. The van der Waals surface area contributed by atoms with Crippen LogP contribution in [-0.2, 0) is 4.79 Å². The van der Waals surface area contributed by atoms with Gasteiger partial charge in [0.25, 0.3) is 0 Å². The minimum absolute atomic E-state index is 0.0103. The van der Waals surface area contributed by atoms with E-state index in [0.717, 1.165) is 6.42 Å². The number of aromatic nitrogens is 2. The van der Waals surface area contributed by atoms with Gasteiger partial charge in [-0.1, -0.05) is 6.92 Å². The molecule has 2 N–H and O–H groups in total. The average molecular weight is 276 g/mol. The predicted molar refractivity (Wildman–Crippen MR) is 75.9 cm³/mol. The number of fused-ring (bicyclic) bond motifs is 1. The molecule has 0 atom stereocenters. The summed E-state index contributed by atoms with van der Waals surface area (Å²) in [4.78, 5) is 19.6. The summed E-state index contributed by atoms with van der Waals surface area (Å²) in [6.45, 7) is 3.12. The van der Waals surface area contributed by atoms with E-state index in [-0.39, 0.29) is 11.7 Å². The molecule has 106 valence electrons. The zero-order chi connectivity index (χ0) is 14.4. The fraction of sp³-hybridized carbons (Fsp3) is 0.357. The Hall–Kier alpha value is -2.24. The monoisotopic (exact) mass is 276 g/mol. The number of hydrogen-bond donors (Lipinski definition) is 2. The van der Waals surface area contributed by atoms with Crippen LogP contribution in [0.1, 0.15) is 19.8 Å². The Bertz CT molecular complexity index is 603. The summed E-state index contributed by atoms with van der Waals surface area (Å²) < 4.78 is 13.3. The number of carbonyl (C=O) groups is 1. The minimum Gasteiger partial charge on any atom is -0.369 e. The van der Waals surface area contributed by atoms with Crippen molar-refractivity contribution in [1.82, 2.24) is 15.3 Å². The van der Waals surface area contributed by atoms with Crippen molar-refractivity contribution in [2.24, 2.45) is 0 Å². The number of hydrogen-bond acceptors (Lipinski definition) is 4. The fourth-order valence-electron chi connectivity index (χ4n) is 1.82. The summed E-state index contributed by atoms with van der Waals surface area (Å²) in [7, 11) is 0. The van der Waals surface area contributed by atoms with E-state index in [1.165, 1.54) is 18.5 Å². The molecule has 20 heavy (non-hydrogen) atoms. The topological polar surface area (TPSA) is 66.9 Å². The van der Waals surface area contributed by atoms with Crippen molar-refractivity contribution in [3.05, 3.63) is 30.3 Å². The van der Waals surface area contributed by atoms with Gasteiger partial charge in [-0.15, -0.1) is 0 Å². The lowest BCUT2D eigenvalue weighted by atomic mass is 10.2. The van der Waals surface area contributed by atoms with Crippen molar-refractivity contribution < 1.29 is 9.18 Å². The highest BCUT2D eigenvalue weighted by atomic mass is 19.1. The Balaban J connectivity index is 1.99. The van der Waals surface area contributed by atoms with Crippen LogP contribution < -0.4 is 10.6 Å². The lowest BCUT2D eigenvalue weighted by Crippen LogP contribution is -2.26. The number of nitrogens with zero attached hydrogens (tertiary/aromatic N) is 2. The van der Waals surface area contributed by atoms with E-state index in [2.05, 4.69) is 20.6 Å². The second-order valence-electron chi connectivity index (χ2n) is 4.41. The summed E-state index contributed by atoms with van der Waals surface area (Å²) in [5.41, 5.74) is 0.666. The molecule has 0 aliphatic carbocycles. The lowest BCUT2D eigenvalue weighted by molar-refractivity contribution is -0.120.